The molecule has 3 aromatic rings. The highest BCUT2D eigenvalue weighted by Crippen LogP contribution is 2.19. The number of carbonyl (C=O) groups is 1. The van der Waals surface area contributed by atoms with Crippen LogP contribution in [-0.4, -0.2) is 45.5 Å². The molecule has 0 unspecified atom stereocenters. The molecule has 3 rings (SSSR count). The van der Waals surface area contributed by atoms with E-state index in [0.29, 0.717) is 18.7 Å². The third-order valence-corrected chi connectivity index (χ3v) is 4.92. The van der Waals surface area contributed by atoms with Crippen LogP contribution < -0.4 is 21.9 Å². The Labute approximate surface area is 184 Å². The van der Waals surface area contributed by atoms with E-state index in [1.807, 2.05) is 30.3 Å². The first-order valence-electron chi connectivity index (χ1n) is 10.1. The van der Waals surface area contributed by atoms with Gasteiger partial charge in [-0.25, -0.2) is 4.79 Å². The van der Waals surface area contributed by atoms with Crippen LogP contribution in [-0.2, 0) is 23.1 Å². The summed E-state index contributed by atoms with van der Waals surface area (Å²) in [6.07, 6.45) is 5.03. The van der Waals surface area contributed by atoms with E-state index < -0.39 is 17.2 Å². The van der Waals surface area contributed by atoms with Gasteiger partial charge in [-0.3, -0.25) is 23.8 Å². The molecule has 0 saturated heterocycles. The molecule has 32 heavy (non-hydrogen) atoms. The van der Waals surface area contributed by atoms with Gasteiger partial charge in [0.15, 0.2) is 5.69 Å². The van der Waals surface area contributed by atoms with Gasteiger partial charge in [0.2, 0.25) is 0 Å². The summed E-state index contributed by atoms with van der Waals surface area (Å²) < 4.78 is 7.94. The third-order valence-electron chi connectivity index (χ3n) is 4.92. The van der Waals surface area contributed by atoms with Crippen molar-refractivity contribution < 1.29 is 9.53 Å². The van der Waals surface area contributed by atoms with Gasteiger partial charge >= 0.3 is 5.69 Å². The van der Waals surface area contributed by atoms with E-state index in [9.17, 15) is 14.4 Å². The summed E-state index contributed by atoms with van der Waals surface area (Å²) >= 11 is 0. The Hall–Kier alpha value is -3.92. The first kappa shape index (κ1) is 22.8. The number of aromatic nitrogens is 4. The minimum atomic E-state index is -0.725. The normalized spacial score (nSPS) is 11.2. The number of hydrogen-bond acceptors (Lipinski definition) is 6. The molecule has 10 nitrogen and oxygen atoms in total. The number of carbonyl (C=O) groups excluding carboxylic acids is 1. The molecule has 0 atom stereocenters. The molecular formula is C22H26N6O4. The zero-order chi connectivity index (χ0) is 23.1. The quantitative estimate of drug-likeness (QED) is 0.379. The van der Waals surface area contributed by atoms with Crippen molar-refractivity contribution in [1.82, 2.24) is 19.3 Å². The first-order chi connectivity index (χ1) is 15.4. The van der Waals surface area contributed by atoms with Gasteiger partial charge in [-0.2, -0.15) is 5.10 Å². The third kappa shape index (κ3) is 5.22. The monoisotopic (exact) mass is 438 g/mol. The number of nitrogens with one attached hydrogen (secondary N) is 1. The minimum absolute atomic E-state index is 0.0729. The van der Waals surface area contributed by atoms with E-state index in [-0.39, 0.29) is 24.6 Å². The number of anilines is 2. The van der Waals surface area contributed by atoms with Crippen LogP contribution >= 0.6 is 0 Å². The highest BCUT2D eigenvalue weighted by atomic mass is 16.5. The SMILES string of the molecule is COCCCN(C(=O)/C=C/c1ccnn1C)c1c(N)n(Cc2ccccc2)c(=O)[nH]c1=O. The second-order valence-electron chi connectivity index (χ2n) is 7.11. The van der Waals surface area contributed by atoms with Crippen LogP contribution in [0.5, 0.6) is 0 Å². The molecule has 1 amide bonds. The van der Waals surface area contributed by atoms with Crippen molar-refractivity contribution in [3.63, 3.8) is 0 Å². The molecule has 0 saturated carbocycles. The Morgan fingerprint density at radius 1 is 1.25 bits per heavy atom. The number of nitrogens with zero attached hydrogens (tertiary/aromatic N) is 4. The molecule has 0 aliphatic heterocycles. The zero-order valence-corrected chi connectivity index (χ0v) is 18.0. The van der Waals surface area contributed by atoms with E-state index in [2.05, 4.69) is 10.1 Å². The number of H-pyrrole nitrogens is 1. The summed E-state index contributed by atoms with van der Waals surface area (Å²) in [6, 6.07) is 11.0. The second kappa shape index (κ2) is 10.4. The van der Waals surface area contributed by atoms with Crippen molar-refractivity contribution in [3.8, 4) is 0 Å². The maximum Gasteiger partial charge on any atom is 0.330 e. The van der Waals surface area contributed by atoms with Gasteiger partial charge in [-0.15, -0.1) is 0 Å². The molecule has 0 bridgehead atoms. The van der Waals surface area contributed by atoms with E-state index in [1.165, 1.54) is 15.5 Å². The van der Waals surface area contributed by atoms with Crippen molar-refractivity contribution in [2.24, 2.45) is 7.05 Å². The molecular weight excluding hydrogens is 412 g/mol. The summed E-state index contributed by atoms with van der Waals surface area (Å²) in [4.78, 5) is 41.8. The molecule has 0 aliphatic carbocycles. The highest BCUT2D eigenvalue weighted by molar-refractivity contribution is 6.05. The molecule has 1 aromatic carbocycles. The standard InChI is InChI=1S/C22H26N6O4/c1-26-17(11-12-24-26)9-10-18(29)27(13-6-14-32-2)19-20(23)28(22(31)25-21(19)30)15-16-7-4-3-5-8-16/h3-5,7-12H,6,13-15,23H2,1-2H3,(H,25,30,31)/b10-9+. The van der Waals surface area contributed by atoms with E-state index >= 15 is 0 Å². The Balaban J connectivity index is 2.01. The molecule has 0 fully saturated rings. The molecule has 0 radical (unpaired) electrons. The van der Waals surface area contributed by atoms with Gasteiger partial charge < -0.3 is 15.4 Å². The number of methoxy groups -OCH3 is 1. The summed E-state index contributed by atoms with van der Waals surface area (Å²) in [7, 11) is 3.30. The fraction of sp³-hybridized carbons (Fsp3) is 0.273. The first-order valence-corrected chi connectivity index (χ1v) is 10.1. The Morgan fingerprint density at radius 3 is 2.66 bits per heavy atom. The number of hydrogen-bond donors (Lipinski definition) is 2. The molecule has 10 heteroatoms. The van der Waals surface area contributed by atoms with Crippen LogP contribution in [0.25, 0.3) is 6.08 Å². The summed E-state index contributed by atoms with van der Waals surface area (Å²) in [5.74, 6) is -0.535. The lowest BCUT2D eigenvalue weighted by Gasteiger charge is -2.23. The summed E-state index contributed by atoms with van der Waals surface area (Å²) in [5.41, 5.74) is 6.37. The lowest BCUT2D eigenvalue weighted by molar-refractivity contribution is -0.114. The fourth-order valence-electron chi connectivity index (χ4n) is 3.25. The van der Waals surface area contributed by atoms with Crippen molar-refractivity contribution in [2.75, 3.05) is 30.9 Å². The zero-order valence-electron chi connectivity index (χ0n) is 18.0. The van der Waals surface area contributed by atoms with Crippen LogP contribution in [0.4, 0.5) is 11.5 Å². The molecule has 0 aliphatic rings. The second-order valence-corrected chi connectivity index (χ2v) is 7.11. The predicted molar refractivity (Wildman–Crippen MR) is 122 cm³/mol. The average molecular weight is 438 g/mol. The van der Waals surface area contributed by atoms with Crippen LogP contribution in [0.2, 0.25) is 0 Å². The largest absolute Gasteiger partial charge is 0.385 e. The topological polar surface area (TPSA) is 128 Å². The van der Waals surface area contributed by atoms with Crippen LogP contribution in [0.3, 0.4) is 0 Å². The number of aryl methyl sites for hydroxylation is 1. The lowest BCUT2D eigenvalue weighted by Crippen LogP contribution is -2.41. The minimum Gasteiger partial charge on any atom is -0.385 e. The maximum absolute atomic E-state index is 13.1. The predicted octanol–water partition coefficient (Wildman–Crippen LogP) is 0.984. The van der Waals surface area contributed by atoms with Gasteiger partial charge in [-0.05, 0) is 24.1 Å². The van der Waals surface area contributed by atoms with Gasteiger partial charge in [0.05, 0.1) is 12.2 Å². The van der Waals surface area contributed by atoms with Gasteiger partial charge in [0.1, 0.15) is 5.82 Å². The van der Waals surface area contributed by atoms with Crippen LogP contribution in [0.1, 0.15) is 17.7 Å². The number of ether oxygens (including phenoxy) is 1. The van der Waals surface area contributed by atoms with Crippen molar-refractivity contribution in [1.29, 1.82) is 0 Å². The van der Waals surface area contributed by atoms with Crippen LogP contribution in [0.15, 0.2) is 58.3 Å². The number of rotatable bonds is 9. The number of nitrogens with two attached hydrogens (primary N) is 1. The Kier molecular flexibility index (Phi) is 7.40. The van der Waals surface area contributed by atoms with Gasteiger partial charge in [0, 0.05) is 39.6 Å². The molecule has 2 aromatic heterocycles. The molecule has 3 N–H and O–H groups in total. The maximum atomic E-state index is 13.1. The number of aromatic amines is 1. The van der Waals surface area contributed by atoms with Gasteiger partial charge in [0.25, 0.3) is 11.5 Å². The Morgan fingerprint density at radius 2 is 2.00 bits per heavy atom. The molecule has 0 spiro atoms. The number of benzene rings is 1. The van der Waals surface area contributed by atoms with Crippen molar-refractivity contribution >= 4 is 23.5 Å². The fourth-order valence-corrected chi connectivity index (χ4v) is 3.25. The molecule has 2 heterocycles. The van der Waals surface area contributed by atoms with Crippen molar-refractivity contribution in [2.45, 2.75) is 13.0 Å². The van der Waals surface area contributed by atoms with Crippen molar-refractivity contribution in [3.05, 3.63) is 80.8 Å². The lowest BCUT2D eigenvalue weighted by atomic mass is 10.2. The van der Waals surface area contributed by atoms with E-state index in [0.717, 1.165) is 5.56 Å². The number of nitrogen functional groups attached to an aromatic ring is 1. The van der Waals surface area contributed by atoms with E-state index in [1.54, 1.807) is 37.2 Å². The van der Waals surface area contributed by atoms with E-state index in [4.69, 9.17) is 10.5 Å². The number of amides is 1. The summed E-state index contributed by atoms with van der Waals surface area (Å²) in [5, 5.41) is 4.06. The average Bonchev–Trinajstić information content (AvgIpc) is 3.19. The van der Waals surface area contributed by atoms with Crippen LogP contribution in [0, 0.1) is 0 Å². The molecule has 168 valence electrons. The van der Waals surface area contributed by atoms with Gasteiger partial charge in [-0.1, -0.05) is 30.3 Å². The smallest absolute Gasteiger partial charge is 0.330 e. The highest BCUT2D eigenvalue weighted by Gasteiger charge is 2.23. The summed E-state index contributed by atoms with van der Waals surface area (Å²) in [6.45, 7) is 0.718. The Bertz CT molecular complexity index is 1210.